The van der Waals surface area contributed by atoms with Crippen LogP contribution in [0.1, 0.15) is 16.7 Å². The molecule has 0 atom stereocenters. The van der Waals surface area contributed by atoms with Crippen LogP contribution in [0.25, 0.3) is 0 Å². The average molecular weight is 412 g/mol. The summed E-state index contributed by atoms with van der Waals surface area (Å²) in [6.07, 6.45) is 1.69. The SMILES string of the molecule is COc1cc(CN=C(N)Nc2cc(C)cc(C)c2)ccn1.I. The first-order chi connectivity index (χ1) is 10.1. The lowest BCUT2D eigenvalue weighted by Crippen LogP contribution is -2.22. The van der Waals surface area contributed by atoms with Gasteiger partial charge in [0.25, 0.3) is 0 Å². The lowest BCUT2D eigenvalue weighted by atomic mass is 10.1. The summed E-state index contributed by atoms with van der Waals surface area (Å²) in [4.78, 5) is 8.38. The summed E-state index contributed by atoms with van der Waals surface area (Å²) in [5.41, 5.74) is 10.2. The van der Waals surface area contributed by atoms with Gasteiger partial charge in [-0.25, -0.2) is 9.98 Å². The van der Waals surface area contributed by atoms with Crippen molar-refractivity contribution in [2.24, 2.45) is 10.7 Å². The molecule has 0 unspecified atom stereocenters. The minimum Gasteiger partial charge on any atom is -0.481 e. The molecule has 0 aliphatic heterocycles. The Hall–Kier alpha value is -1.83. The molecule has 0 bridgehead atoms. The molecule has 0 radical (unpaired) electrons. The van der Waals surface area contributed by atoms with Gasteiger partial charge in [0.15, 0.2) is 5.96 Å². The van der Waals surface area contributed by atoms with Gasteiger partial charge in [-0.2, -0.15) is 0 Å². The van der Waals surface area contributed by atoms with Crippen molar-refractivity contribution in [3.05, 3.63) is 53.2 Å². The van der Waals surface area contributed by atoms with Crippen LogP contribution in [0.3, 0.4) is 0 Å². The number of halogens is 1. The molecule has 0 spiro atoms. The topological polar surface area (TPSA) is 72.5 Å². The van der Waals surface area contributed by atoms with E-state index in [-0.39, 0.29) is 24.0 Å². The zero-order valence-electron chi connectivity index (χ0n) is 13.0. The number of aromatic nitrogens is 1. The van der Waals surface area contributed by atoms with Crippen LogP contribution in [-0.4, -0.2) is 18.1 Å². The van der Waals surface area contributed by atoms with Gasteiger partial charge in [-0.1, -0.05) is 6.07 Å². The predicted octanol–water partition coefficient (Wildman–Crippen LogP) is 3.25. The second-order valence-corrected chi connectivity index (χ2v) is 4.91. The van der Waals surface area contributed by atoms with Crippen LogP contribution in [0.5, 0.6) is 5.88 Å². The molecule has 0 aliphatic rings. The highest BCUT2D eigenvalue weighted by Crippen LogP contribution is 2.14. The standard InChI is InChI=1S/C16H20N4O.HI/c1-11-6-12(2)8-14(7-11)20-16(17)19-10-13-4-5-18-15(9-13)21-3;/h4-9H,10H2,1-3H3,(H3,17,19,20);1H. The van der Waals surface area contributed by atoms with E-state index >= 15 is 0 Å². The van der Waals surface area contributed by atoms with Crippen molar-refractivity contribution in [3.63, 3.8) is 0 Å². The van der Waals surface area contributed by atoms with Crippen LogP contribution in [0.15, 0.2) is 41.5 Å². The summed E-state index contributed by atoms with van der Waals surface area (Å²) >= 11 is 0. The van der Waals surface area contributed by atoms with Gasteiger partial charge < -0.3 is 15.8 Å². The second-order valence-electron chi connectivity index (χ2n) is 4.91. The minimum absolute atomic E-state index is 0. The molecule has 1 heterocycles. The average Bonchev–Trinajstić information content (AvgIpc) is 2.44. The number of nitrogens with two attached hydrogens (primary N) is 1. The largest absolute Gasteiger partial charge is 0.481 e. The van der Waals surface area contributed by atoms with Gasteiger partial charge >= 0.3 is 0 Å². The summed E-state index contributed by atoms with van der Waals surface area (Å²) in [7, 11) is 1.59. The van der Waals surface area contributed by atoms with Crippen molar-refractivity contribution in [2.75, 3.05) is 12.4 Å². The van der Waals surface area contributed by atoms with Crippen molar-refractivity contribution < 1.29 is 4.74 Å². The number of nitrogens with zero attached hydrogens (tertiary/aromatic N) is 2. The number of hydrogen-bond donors (Lipinski definition) is 2. The first kappa shape index (κ1) is 18.2. The van der Waals surface area contributed by atoms with E-state index in [1.807, 2.05) is 24.3 Å². The number of anilines is 1. The molecule has 1 aromatic carbocycles. The number of hydrogen-bond acceptors (Lipinski definition) is 3. The van der Waals surface area contributed by atoms with E-state index in [2.05, 4.69) is 35.2 Å². The summed E-state index contributed by atoms with van der Waals surface area (Å²) in [6, 6.07) is 9.90. The van der Waals surface area contributed by atoms with Gasteiger partial charge in [-0.05, 0) is 48.7 Å². The highest BCUT2D eigenvalue weighted by molar-refractivity contribution is 14.0. The zero-order chi connectivity index (χ0) is 15.2. The van der Waals surface area contributed by atoms with E-state index in [9.17, 15) is 0 Å². The number of ether oxygens (including phenoxy) is 1. The molecular weight excluding hydrogens is 391 g/mol. The Balaban J connectivity index is 0.00000242. The predicted molar refractivity (Wildman–Crippen MR) is 101 cm³/mol. The van der Waals surface area contributed by atoms with Gasteiger partial charge in [0.2, 0.25) is 5.88 Å². The third-order valence-electron chi connectivity index (χ3n) is 2.93. The molecule has 0 amide bonds. The molecule has 2 rings (SSSR count). The second kappa shape index (κ2) is 8.57. The molecule has 3 N–H and O–H groups in total. The number of pyridine rings is 1. The maximum atomic E-state index is 5.92. The lowest BCUT2D eigenvalue weighted by Gasteiger charge is -2.08. The Labute approximate surface area is 148 Å². The number of rotatable bonds is 4. The molecule has 1 aromatic heterocycles. The van der Waals surface area contributed by atoms with Crippen LogP contribution < -0.4 is 15.8 Å². The number of guanidine groups is 1. The Bertz CT molecular complexity index is 638. The van der Waals surface area contributed by atoms with Crippen molar-refractivity contribution in [3.8, 4) is 5.88 Å². The van der Waals surface area contributed by atoms with Crippen molar-refractivity contribution in [1.82, 2.24) is 4.98 Å². The molecular formula is C16H21IN4O. The summed E-state index contributed by atoms with van der Waals surface area (Å²) < 4.78 is 5.08. The van der Waals surface area contributed by atoms with Crippen LogP contribution in [0, 0.1) is 13.8 Å². The van der Waals surface area contributed by atoms with E-state index < -0.39 is 0 Å². The normalized spacial score (nSPS) is 10.8. The molecule has 0 saturated heterocycles. The highest BCUT2D eigenvalue weighted by Gasteiger charge is 1.99. The molecule has 0 aliphatic carbocycles. The van der Waals surface area contributed by atoms with Gasteiger partial charge in [0.05, 0.1) is 13.7 Å². The van der Waals surface area contributed by atoms with E-state index in [0.29, 0.717) is 18.4 Å². The summed E-state index contributed by atoms with van der Waals surface area (Å²) in [6.45, 7) is 4.58. The Kier molecular flexibility index (Phi) is 7.10. The zero-order valence-corrected chi connectivity index (χ0v) is 15.3. The van der Waals surface area contributed by atoms with Crippen molar-refractivity contribution in [2.45, 2.75) is 20.4 Å². The van der Waals surface area contributed by atoms with E-state index in [1.165, 1.54) is 11.1 Å². The lowest BCUT2D eigenvalue weighted by molar-refractivity contribution is 0.397. The first-order valence-electron chi connectivity index (χ1n) is 6.71. The van der Waals surface area contributed by atoms with Crippen LogP contribution >= 0.6 is 24.0 Å². The third kappa shape index (κ3) is 5.51. The maximum absolute atomic E-state index is 5.92. The maximum Gasteiger partial charge on any atom is 0.213 e. The molecule has 118 valence electrons. The van der Waals surface area contributed by atoms with E-state index in [4.69, 9.17) is 10.5 Å². The number of aryl methyl sites for hydroxylation is 2. The quantitative estimate of drug-likeness (QED) is 0.460. The minimum atomic E-state index is 0. The summed E-state index contributed by atoms with van der Waals surface area (Å²) in [5, 5.41) is 3.10. The molecule has 6 heteroatoms. The van der Waals surface area contributed by atoms with Gasteiger partial charge in [0, 0.05) is 18.0 Å². The van der Waals surface area contributed by atoms with Gasteiger partial charge in [-0.15, -0.1) is 24.0 Å². The fourth-order valence-electron chi connectivity index (χ4n) is 2.07. The molecule has 5 nitrogen and oxygen atoms in total. The first-order valence-corrected chi connectivity index (χ1v) is 6.71. The Morgan fingerprint density at radius 2 is 1.91 bits per heavy atom. The number of nitrogens with one attached hydrogen (secondary N) is 1. The number of methoxy groups -OCH3 is 1. The monoisotopic (exact) mass is 412 g/mol. The highest BCUT2D eigenvalue weighted by atomic mass is 127. The van der Waals surface area contributed by atoms with Crippen LogP contribution in [-0.2, 0) is 6.54 Å². The van der Waals surface area contributed by atoms with Gasteiger partial charge in [0.1, 0.15) is 0 Å². The third-order valence-corrected chi connectivity index (χ3v) is 2.93. The fraction of sp³-hybridized carbons (Fsp3) is 0.250. The number of aliphatic imine (C=N–C) groups is 1. The molecule has 0 fully saturated rings. The molecule has 2 aromatic rings. The number of benzene rings is 1. The van der Waals surface area contributed by atoms with E-state index in [1.54, 1.807) is 13.3 Å². The molecule has 0 saturated carbocycles. The smallest absolute Gasteiger partial charge is 0.213 e. The van der Waals surface area contributed by atoms with Crippen LogP contribution in [0.2, 0.25) is 0 Å². The van der Waals surface area contributed by atoms with Crippen LogP contribution in [0.4, 0.5) is 5.69 Å². The van der Waals surface area contributed by atoms with Crippen molar-refractivity contribution in [1.29, 1.82) is 0 Å². The Morgan fingerprint density at radius 3 is 2.55 bits per heavy atom. The van der Waals surface area contributed by atoms with Crippen molar-refractivity contribution >= 4 is 35.6 Å². The fourth-order valence-corrected chi connectivity index (χ4v) is 2.07. The van der Waals surface area contributed by atoms with Gasteiger partial charge in [-0.3, -0.25) is 0 Å². The summed E-state index contributed by atoms with van der Waals surface area (Å²) in [5.74, 6) is 0.958. The Morgan fingerprint density at radius 1 is 1.23 bits per heavy atom. The molecule has 22 heavy (non-hydrogen) atoms. The van der Waals surface area contributed by atoms with E-state index in [0.717, 1.165) is 11.3 Å².